The normalized spacial score (nSPS) is 11.4. The highest BCUT2D eigenvalue weighted by Gasteiger charge is 2.15. The molecular formula is C33H33N5O2. The number of amides is 1. The van der Waals surface area contributed by atoms with Crippen molar-refractivity contribution < 1.29 is 9.53 Å². The molecule has 3 heterocycles. The van der Waals surface area contributed by atoms with Crippen LogP contribution in [0.1, 0.15) is 11.1 Å². The van der Waals surface area contributed by atoms with Gasteiger partial charge in [0.1, 0.15) is 5.65 Å². The molecule has 0 unspecified atom stereocenters. The molecule has 2 aromatic carbocycles. The van der Waals surface area contributed by atoms with Crippen molar-refractivity contribution in [2.24, 2.45) is 0 Å². The highest BCUT2D eigenvalue weighted by atomic mass is 16.5. The van der Waals surface area contributed by atoms with Gasteiger partial charge in [0, 0.05) is 59.5 Å². The number of carbonyl (C=O) groups excluding carboxylic acids is 1. The Balaban J connectivity index is 1.45. The minimum Gasteiger partial charge on any atom is -0.481 e. The maximum atomic E-state index is 12.4. The van der Waals surface area contributed by atoms with Crippen LogP contribution in [-0.4, -0.2) is 53.5 Å². The summed E-state index contributed by atoms with van der Waals surface area (Å²) in [5.74, 6) is 0.412. The summed E-state index contributed by atoms with van der Waals surface area (Å²) >= 11 is 0. The molecule has 7 nitrogen and oxygen atoms in total. The van der Waals surface area contributed by atoms with Gasteiger partial charge >= 0.3 is 0 Å². The average molecular weight is 532 g/mol. The Morgan fingerprint density at radius 1 is 0.950 bits per heavy atom. The first kappa shape index (κ1) is 26.8. The third-order valence-corrected chi connectivity index (χ3v) is 6.72. The number of aromatic amines is 1. The van der Waals surface area contributed by atoms with Crippen LogP contribution in [-0.2, 0) is 17.6 Å². The minimum atomic E-state index is -0.157. The number of likely N-dealkylation sites (N-methyl/N-ethyl adjacent to an activating group) is 1. The van der Waals surface area contributed by atoms with Gasteiger partial charge in [0.25, 0.3) is 0 Å². The third-order valence-electron chi connectivity index (χ3n) is 6.72. The van der Waals surface area contributed by atoms with E-state index in [1.807, 2.05) is 80.1 Å². The molecule has 0 fully saturated rings. The molecule has 0 atom stereocenters. The molecule has 202 valence electrons. The highest BCUT2D eigenvalue weighted by molar-refractivity contribution is 6.00. The molecule has 0 radical (unpaired) electrons. The molecule has 0 saturated heterocycles. The van der Waals surface area contributed by atoms with Crippen LogP contribution in [0, 0.1) is 0 Å². The number of hydrogen-bond acceptors (Lipinski definition) is 5. The number of rotatable bonds is 10. The monoisotopic (exact) mass is 531 g/mol. The Morgan fingerprint density at radius 2 is 1.80 bits per heavy atom. The summed E-state index contributed by atoms with van der Waals surface area (Å²) in [4.78, 5) is 26.9. The van der Waals surface area contributed by atoms with Crippen molar-refractivity contribution in [3.8, 4) is 28.1 Å². The number of hydrogen-bond donors (Lipinski definition) is 2. The van der Waals surface area contributed by atoms with E-state index in [1.165, 1.54) is 5.56 Å². The van der Waals surface area contributed by atoms with Crippen molar-refractivity contribution in [2.75, 3.05) is 33.1 Å². The number of carbonyl (C=O) groups is 1. The van der Waals surface area contributed by atoms with Crippen molar-refractivity contribution in [1.82, 2.24) is 19.9 Å². The number of ether oxygens (including phenoxy) is 1. The van der Waals surface area contributed by atoms with Crippen molar-refractivity contribution >= 4 is 22.6 Å². The van der Waals surface area contributed by atoms with E-state index in [0.717, 1.165) is 57.4 Å². The van der Waals surface area contributed by atoms with Gasteiger partial charge in [0.05, 0.1) is 7.11 Å². The molecule has 5 aromatic rings. The van der Waals surface area contributed by atoms with E-state index in [1.54, 1.807) is 13.2 Å². The van der Waals surface area contributed by atoms with E-state index < -0.39 is 0 Å². The number of nitrogens with one attached hydrogen (secondary N) is 2. The fourth-order valence-corrected chi connectivity index (χ4v) is 4.66. The predicted molar refractivity (Wildman–Crippen MR) is 161 cm³/mol. The first-order valence-electron chi connectivity index (χ1n) is 13.3. The highest BCUT2D eigenvalue weighted by Crippen LogP contribution is 2.35. The second kappa shape index (κ2) is 12.4. The quantitative estimate of drug-likeness (QED) is 0.212. The Kier molecular flexibility index (Phi) is 8.32. The van der Waals surface area contributed by atoms with E-state index in [-0.39, 0.29) is 5.91 Å². The molecule has 0 aliphatic carbocycles. The molecule has 40 heavy (non-hydrogen) atoms. The number of aromatic nitrogens is 3. The van der Waals surface area contributed by atoms with Crippen LogP contribution in [0.15, 0.2) is 97.5 Å². The number of benzene rings is 2. The number of methoxy groups -OCH3 is 1. The van der Waals surface area contributed by atoms with Crippen LogP contribution in [0.4, 0.5) is 5.69 Å². The van der Waals surface area contributed by atoms with E-state index in [0.29, 0.717) is 12.4 Å². The molecule has 0 aliphatic rings. The molecular weight excluding hydrogens is 498 g/mol. The van der Waals surface area contributed by atoms with E-state index in [4.69, 9.17) is 9.72 Å². The lowest BCUT2D eigenvalue weighted by atomic mass is 9.96. The van der Waals surface area contributed by atoms with E-state index in [2.05, 4.69) is 45.6 Å². The van der Waals surface area contributed by atoms with Gasteiger partial charge in [-0.25, -0.2) is 9.97 Å². The van der Waals surface area contributed by atoms with Gasteiger partial charge in [-0.15, -0.1) is 0 Å². The van der Waals surface area contributed by atoms with Crippen LogP contribution >= 0.6 is 0 Å². The second-order valence-electron chi connectivity index (χ2n) is 9.93. The Labute approximate surface area is 234 Å². The maximum Gasteiger partial charge on any atom is 0.248 e. The molecule has 0 saturated carbocycles. The zero-order valence-corrected chi connectivity index (χ0v) is 23.0. The zero-order chi connectivity index (χ0) is 27.9. The van der Waals surface area contributed by atoms with Crippen molar-refractivity contribution in [3.05, 3.63) is 109 Å². The van der Waals surface area contributed by atoms with Gasteiger partial charge < -0.3 is 19.9 Å². The molecule has 2 N–H and O–H groups in total. The van der Waals surface area contributed by atoms with Gasteiger partial charge in [-0.1, -0.05) is 48.5 Å². The molecule has 3 aromatic heterocycles. The summed E-state index contributed by atoms with van der Waals surface area (Å²) in [7, 11) is 5.56. The molecule has 7 heteroatoms. The lowest BCUT2D eigenvalue weighted by Gasteiger charge is -2.11. The van der Waals surface area contributed by atoms with Gasteiger partial charge in [0.15, 0.2) is 0 Å². The molecule has 0 spiro atoms. The lowest BCUT2D eigenvalue weighted by molar-refractivity contribution is -0.111. The standard InChI is InChI=1S/C33H33N5O2/c1-38(2)16-8-13-31(39)37-27-12-7-11-24(17-27)26-18-29-30(22-36-33(29)35-21-26)28-19-32(40-3)34-20-25(28)15-14-23-9-5-4-6-10-23/h4-13,17-22H,14-16H2,1-3H3,(H,35,36)(H,37,39)/b13-8+. The number of nitrogens with zero attached hydrogens (tertiary/aromatic N) is 3. The van der Waals surface area contributed by atoms with Crippen LogP contribution < -0.4 is 10.1 Å². The molecule has 0 aliphatic heterocycles. The molecule has 1 amide bonds. The van der Waals surface area contributed by atoms with Gasteiger partial charge in [-0.2, -0.15) is 0 Å². The van der Waals surface area contributed by atoms with Gasteiger partial charge in [-0.05, 0) is 67.4 Å². The summed E-state index contributed by atoms with van der Waals surface area (Å²) in [5, 5.41) is 3.96. The predicted octanol–water partition coefficient (Wildman–Crippen LogP) is 6.14. The molecule has 5 rings (SSSR count). The number of H-pyrrole nitrogens is 1. The Hall–Kier alpha value is -4.75. The first-order chi connectivity index (χ1) is 19.5. The Bertz CT molecular complexity index is 1640. The summed E-state index contributed by atoms with van der Waals surface area (Å²) in [6.45, 7) is 0.704. The number of fused-ring (bicyclic) bond motifs is 1. The van der Waals surface area contributed by atoms with Crippen LogP contribution in [0.2, 0.25) is 0 Å². The topological polar surface area (TPSA) is 83.1 Å². The fourth-order valence-electron chi connectivity index (χ4n) is 4.66. The third kappa shape index (κ3) is 6.45. The first-order valence-corrected chi connectivity index (χ1v) is 13.3. The number of aryl methyl sites for hydroxylation is 2. The van der Waals surface area contributed by atoms with E-state index in [9.17, 15) is 4.79 Å². The maximum absolute atomic E-state index is 12.4. The largest absolute Gasteiger partial charge is 0.481 e. The van der Waals surface area contributed by atoms with Crippen LogP contribution in [0.5, 0.6) is 5.88 Å². The smallest absolute Gasteiger partial charge is 0.248 e. The van der Waals surface area contributed by atoms with Gasteiger partial charge in [0.2, 0.25) is 11.8 Å². The fraction of sp³-hybridized carbons (Fsp3) is 0.182. The zero-order valence-electron chi connectivity index (χ0n) is 23.0. The molecule has 0 bridgehead atoms. The number of pyridine rings is 2. The minimum absolute atomic E-state index is 0.157. The Morgan fingerprint density at radius 3 is 2.60 bits per heavy atom. The average Bonchev–Trinajstić information content (AvgIpc) is 3.39. The summed E-state index contributed by atoms with van der Waals surface area (Å²) in [6.07, 6.45) is 10.9. The SMILES string of the molecule is COc1cc(-c2c[nH]c3ncc(-c4cccc(NC(=O)/C=C/CN(C)C)c4)cc23)c(CCc2ccccc2)cn1. The summed E-state index contributed by atoms with van der Waals surface area (Å²) in [5.41, 5.74) is 8.00. The van der Waals surface area contributed by atoms with Crippen molar-refractivity contribution in [3.63, 3.8) is 0 Å². The lowest BCUT2D eigenvalue weighted by Crippen LogP contribution is -2.12. The summed E-state index contributed by atoms with van der Waals surface area (Å²) in [6, 6.07) is 22.4. The van der Waals surface area contributed by atoms with Crippen LogP contribution in [0.25, 0.3) is 33.3 Å². The van der Waals surface area contributed by atoms with Gasteiger partial charge in [-0.3, -0.25) is 4.79 Å². The van der Waals surface area contributed by atoms with Crippen molar-refractivity contribution in [1.29, 1.82) is 0 Å². The second-order valence-corrected chi connectivity index (χ2v) is 9.93. The summed E-state index contributed by atoms with van der Waals surface area (Å²) < 4.78 is 5.48. The number of anilines is 1. The van der Waals surface area contributed by atoms with Crippen molar-refractivity contribution in [2.45, 2.75) is 12.8 Å². The van der Waals surface area contributed by atoms with E-state index >= 15 is 0 Å². The van der Waals surface area contributed by atoms with Crippen LogP contribution in [0.3, 0.4) is 0 Å².